The summed E-state index contributed by atoms with van der Waals surface area (Å²) in [7, 11) is 1.81. The predicted octanol–water partition coefficient (Wildman–Crippen LogP) is 0.0204. The smallest absolute Gasteiger partial charge is 0.241 e. The normalized spacial score (nSPS) is 19.3. The predicted molar refractivity (Wildman–Crippen MR) is 73.4 cm³/mol. The van der Waals surface area contributed by atoms with Gasteiger partial charge in [-0.15, -0.1) is 0 Å². The summed E-state index contributed by atoms with van der Waals surface area (Å²) in [5, 5.41) is 7.08. The van der Waals surface area contributed by atoms with Crippen LogP contribution in [0.5, 0.6) is 0 Å². The molecule has 0 radical (unpaired) electrons. The Morgan fingerprint density at radius 1 is 1.58 bits per heavy atom. The number of hydrogen-bond donors (Lipinski definition) is 2. The van der Waals surface area contributed by atoms with Crippen molar-refractivity contribution >= 4 is 5.91 Å². The topological polar surface area (TPSA) is 76.2 Å². The third-order valence-electron chi connectivity index (χ3n) is 3.75. The molecule has 1 aliphatic rings. The van der Waals surface area contributed by atoms with Crippen molar-refractivity contribution in [2.45, 2.75) is 31.8 Å². The van der Waals surface area contributed by atoms with Gasteiger partial charge in [-0.25, -0.2) is 0 Å². The molecule has 1 aliphatic heterocycles. The van der Waals surface area contributed by atoms with Crippen LogP contribution in [-0.2, 0) is 11.8 Å². The van der Waals surface area contributed by atoms with Gasteiger partial charge in [0.1, 0.15) is 6.04 Å². The minimum atomic E-state index is -0.627. The van der Waals surface area contributed by atoms with Crippen molar-refractivity contribution in [2.24, 2.45) is 12.8 Å². The third kappa shape index (κ3) is 3.54. The van der Waals surface area contributed by atoms with Gasteiger partial charge in [0.15, 0.2) is 0 Å². The van der Waals surface area contributed by atoms with Gasteiger partial charge in [-0.1, -0.05) is 6.92 Å². The van der Waals surface area contributed by atoms with Crippen LogP contribution in [0, 0.1) is 0 Å². The Hall–Kier alpha value is -1.40. The van der Waals surface area contributed by atoms with E-state index in [2.05, 4.69) is 22.2 Å². The lowest BCUT2D eigenvalue weighted by molar-refractivity contribution is -0.123. The van der Waals surface area contributed by atoms with E-state index in [1.807, 2.05) is 7.05 Å². The van der Waals surface area contributed by atoms with E-state index in [0.717, 1.165) is 38.0 Å². The monoisotopic (exact) mass is 265 g/mol. The number of aromatic nitrogens is 2. The number of nitrogens with one attached hydrogen (secondary N) is 1. The Morgan fingerprint density at radius 2 is 2.26 bits per heavy atom. The van der Waals surface area contributed by atoms with Crippen LogP contribution < -0.4 is 11.1 Å². The van der Waals surface area contributed by atoms with E-state index in [4.69, 9.17) is 5.73 Å². The molecule has 19 heavy (non-hydrogen) atoms. The molecular weight excluding hydrogens is 242 g/mol. The second-order valence-corrected chi connectivity index (χ2v) is 5.14. The van der Waals surface area contributed by atoms with E-state index >= 15 is 0 Å². The first-order chi connectivity index (χ1) is 9.10. The molecule has 3 N–H and O–H groups in total. The van der Waals surface area contributed by atoms with E-state index in [1.54, 1.807) is 17.1 Å². The highest BCUT2D eigenvalue weighted by atomic mass is 16.2. The van der Waals surface area contributed by atoms with Crippen molar-refractivity contribution in [1.29, 1.82) is 0 Å². The van der Waals surface area contributed by atoms with E-state index in [9.17, 15) is 4.79 Å². The Labute approximate surface area is 113 Å². The van der Waals surface area contributed by atoms with Crippen molar-refractivity contribution < 1.29 is 4.79 Å². The van der Waals surface area contributed by atoms with Crippen LogP contribution in [-0.4, -0.2) is 46.3 Å². The summed E-state index contributed by atoms with van der Waals surface area (Å²) in [5.41, 5.74) is 6.70. The lowest BCUT2D eigenvalue weighted by atomic mass is 10.0. The Kier molecular flexibility index (Phi) is 4.55. The van der Waals surface area contributed by atoms with Crippen LogP contribution in [0.2, 0.25) is 0 Å². The van der Waals surface area contributed by atoms with E-state index < -0.39 is 6.04 Å². The Bertz CT molecular complexity index is 422. The van der Waals surface area contributed by atoms with Crippen LogP contribution in [0.4, 0.5) is 0 Å². The lowest BCUT2D eigenvalue weighted by Gasteiger charge is -2.31. The summed E-state index contributed by atoms with van der Waals surface area (Å²) in [4.78, 5) is 14.5. The molecule has 0 spiro atoms. The standard InChI is InChI=1S/C13H23N5O/c1-3-18-6-4-11(5-7-18)16-13(19)12(14)10-8-15-17(2)9-10/h8-9,11-12H,3-7,14H2,1-2H3,(H,16,19). The van der Waals surface area contributed by atoms with Gasteiger partial charge in [-0.2, -0.15) is 5.10 Å². The second kappa shape index (κ2) is 6.16. The summed E-state index contributed by atoms with van der Waals surface area (Å²) < 4.78 is 1.65. The molecule has 1 amide bonds. The van der Waals surface area contributed by atoms with Crippen molar-refractivity contribution in [1.82, 2.24) is 20.0 Å². The summed E-state index contributed by atoms with van der Waals surface area (Å²) >= 11 is 0. The van der Waals surface area contributed by atoms with Crippen LogP contribution in [0.15, 0.2) is 12.4 Å². The van der Waals surface area contributed by atoms with Gasteiger partial charge in [0.25, 0.3) is 0 Å². The highest BCUT2D eigenvalue weighted by Crippen LogP contribution is 2.13. The van der Waals surface area contributed by atoms with Crippen LogP contribution in [0.3, 0.4) is 0 Å². The quantitative estimate of drug-likeness (QED) is 0.805. The molecule has 0 saturated carbocycles. The molecule has 1 aromatic rings. The molecule has 6 heteroatoms. The van der Waals surface area contributed by atoms with Crippen molar-refractivity contribution in [2.75, 3.05) is 19.6 Å². The van der Waals surface area contributed by atoms with Crippen molar-refractivity contribution in [3.8, 4) is 0 Å². The van der Waals surface area contributed by atoms with Crippen LogP contribution in [0.1, 0.15) is 31.4 Å². The second-order valence-electron chi connectivity index (χ2n) is 5.14. The number of rotatable bonds is 4. The molecule has 1 atom stereocenters. The molecule has 0 bridgehead atoms. The maximum atomic E-state index is 12.1. The number of nitrogens with two attached hydrogens (primary N) is 1. The zero-order chi connectivity index (χ0) is 13.8. The number of amides is 1. The van der Waals surface area contributed by atoms with Gasteiger partial charge in [0, 0.05) is 37.9 Å². The van der Waals surface area contributed by atoms with Crippen LogP contribution in [0.25, 0.3) is 0 Å². The van der Waals surface area contributed by atoms with E-state index in [1.165, 1.54) is 0 Å². The van der Waals surface area contributed by atoms with E-state index in [0.29, 0.717) is 0 Å². The summed E-state index contributed by atoms with van der Waals surface area (Å²) in [6.07, 6.45) is 5.42. The number of piperidine rings is 1. The molecule has 2 rings (SSSR count). The molecular formula is C13H23N5O. The minimum absolute atomic E-state index is 0.108. The SMILES string of the molecule is CCN1CCC(NC(=O)C(N)c2cnn(C)c2)CC1. The molecule has 1 fully saturated rings. The van der Waals surface area contributed by atoms with Gasteiger partial charge >= 0.3 is 0 Å². The van der Waals surface area contributed by atoms with Gasteiger partial charge < -0.3 is 16.0 Å². The maximum Gasteiger partial charge on any atom is 0.241 e. The number of likely N-dealkylation sites (tertiary alicyclic amines) is 1. The van der Waals surface area contributed by atoms with Gasteiger partial charge in [-0.05, 0) is 19.4 Å². The highest BCUT2D eigenvalue weighted by molar-refractivity contribution is 5.83. The average Bonchev–Trinajstić information content (AvgIpc) is 2.85. The molecule has 106 valence electrons. The fourth-order valence-electron chi connectivity index (χ4n) is 2.44. The summed E-state index contributed by atoms with van der Waals surface area (Å²) in [5.74, 6) is -0.108. The molecule has 1 saturated heterocycles. The molecule has 1 unspecified atom stereocenters. The summed E-state index contributed by atoms with van der Waals surface area (Å²) in [6, 6.07) is -0.379. The average molecular weight is 265 g/mol. The third-order valence-corrected chi connectivity index (χ3v) is 3.75. The first-order valence-electron chi connectivity index (χ1n) is 6.87. The Balaban J connectivity index is 1.84. The number of carbonyl (C=O) groups excluding carboxylic acids is 1. The van der Waals surface area contributed by atoms with Crippen molar-refractivity contribution in [3.05, 3.63) is 18.0 Å². The van der Waals surface area contributed by atoms with E-state index in [-0.39, 0.29) is 11.9 Å². The molecule has 1 aromatic heterocycles. The fraction of sp³-hybridized carbons (Fsp3) is 0.692. The molecule has 0 aliphatic carbocycles. The lowest BCUT2D eigenvalue weighted by Crippen LogP contribution is -2.47. The van der Waals surface area contributed by atoms with Crippen molar-refractivity contribution in [3.63, 3.8) is 0 Å². The van der Waals surface area contributed by atoms with Gasteiger partial charge in [0.2, 0.25) is 5.91 Å². The molecule has 2 heterocycles. The number of carbonyl (C=O) groups is 1. The zero-order valence-electron chi connectivity index (χ0n) is 11.7. The first-order valence-corrected chi connectivity index (χ1v) is 6.87. The maximum absolute atomic E-state index is 12.1. The highest BCUT2D eigenvalue weighted by Gasteiger charge is 2.23. The number of hydrogen-bond acceptors (Lipinski definition) is 4. The molecule has 6 nitrogen and oxygen atoms in total. The number of aryl methyl sites for hydroxylation is 1. The summed E-state index contributed by atoms with van der Waals surface area (Å²) in [6.45, 7) is 5.33. The number of nitrogens with zero attached hydrogens (tertiary/aromatic N) is 3. The molecule has 0 aromatic carbocycles. The Morgan fingerprint density at radius 3 is 2.79 bits per heavy atom. The minimum Gasteiger partial charge on any atom is -0.352 e. The van der Waals surface area contributed by atoms with Gasteiger partial charge in [0.05, 0.1) is 6.20 Å². The zero-order valence-corrected chi connectivity index (χ0v) is 11.7. The fourth-order valence-corrected chi connectivity index (χ4v) is 2.44. The largest absolute Gasteiger partial charge is 0.352 e. The first kappa shape index (κ1) is 14.0. The van der Waals surface area contributed by atoms with Gasteiger partial charge in [-0.3, -0.25) is 9.48 Å². The van der Waals surface area contributed by atoms with Crippen LogP contribution >= 0.6 is 0 Å².